The molecule has 0 atom stereocenters. The highest BCUT2D eigenvalue weighted by molar-refractivity contribution is 6.28. The predicted molar refractivity (Wildman–Crippen MR) is 68.2 cm³/mol. The molecule has 1 aromatic carbocycles. The first-order valence-corrected chi connectivity index (χ1v) is 5.64. The number of benzene rings is 1. The standard InChI is InChI=1S/C12H14ClN3/c1-4-16(3)11-9-7-8(2)5-6-10(9)14-12(13)15-11/h5-7H,4H2,1-3H3. The number of aryl methyl sites for hydroxylation is 1. The Kier molecular flexibility index (Phi) is 2.97. The average Bonchev–Trinajstić information content (AvgIpc) is 2.27. The number of aromatic nitrogens is 2. The molecule has 0 saturated carbocycles. The van der Waals surface area contributed by atoms with Gasteiger partial charge in [0.05, 0.1) is 5.52 Å². The van der Waals surface area contributed by atoms with Crippen molar-refractivity contribution >= 4 is 28.3 Å². The van der Waals surface area contributed by atoms with E-state index >= 15 is 0 Å². The van der Waals surface area contributed by atoms with Gasteiger partial charge in [0, 0.05) is 19.0 Å². The molecular formula is C12H14ClN3. The minimum atomic E-state index is 0.298. The van der Waals surface area contributed by atoms with Crippen LogP contribution in [0.2, 0.25) is 5.28 Å². The van der Waals surface area contributed by atoms with E-state index in [-0.39, 0.29) is 0 Å². The van der Waals surface area contributed by atoms with Crippen LogP contribution in [0.1, 0.15) is 12.5 Å². The van der Waals surface area contributed by atoms with Crippen LogP contribution < -0.4 is 4.90 Å². The van der Waals surface area contributed by atoms with E-state index in [4.69, 9.17) is 11.6 Å². The van der Waals surface area contributed by atoms with Gasteiger partial charge in [0.25, 0.3) is 0 Å². The molecule has 0 fully saturated rings. The average molecular weight is 236 g/mol. The molecule has 0 spiro atoms. The molecular weight excluding hydrogens is 222 g/mol. The van der Waals surface area contributed by atoms with Crippen molar-refractivity contribution in [1.29, 1.82) is 0 Å². The third kappa shape index (κ3) is 1.95. The Bertz CT molecular complexity index is 525. The molecule has 0 saturated heterocycles. The second-order valence-electron chi connectivity index (χ2n) is 3.85. The van der Waals surface area contributed by atoms with Crippen LogP contribution in [0.4, 0.5) is 5.82 Å². The van der Waals surface area contributed by atoms with Crippen LogP contribution >= 0.6 is 11.6 Å². The summed E-state index contributed by atoms with van der Waals surface area (Å²) in [5.74, 6) is 0.890. The Balaban J connectivity index is 2.74. The van der Waals surface area contributed by atoms with Crippen molar-refractivity contribution in [1.82, 2.24) is 9.97 Å². The third-order valence-corrected chi connectivity index (χ3v) is 2.81. The number of hydrogen-bond donors (Lipinski definition) is 0. The van der Waals surface area contributed by atoms with Gasteiger partial charge in [0.15, 0.2) is 0 Å². The Morgan fingerprint density at radius 1 is 1.31 bits per heavy atom. The zero-order valence-corrected chi connectivity index (χ0v) is 10.4. The molecule has 0 aliphatic heterocycles. The lowest BCUT2D eigenvalue weighted by molar-refractivity contribution is 0.940. The first-order chi connectivity index (χ1) is 7.61. The molecule has 0 aliphatic carbocycles. The number of nitrogens with zero attached hydrogens (tertiary/aromatic N) is 3. The first kappa shape index (κ1) is 11.1. The monoisotopic (exact) mass is 235 g/mol. The number of halogens is 1. The Morgan fingerprint density at radius 3 is 2.75 bits per heavy atom. The summed E-state index contributed by atoms with van der Waals surface area (Å²) in [5.41, 5.74) is 2.09. The lowest BCUT2D eigenvalue weighted by atomic mass is 10.1. The fourth-order valence-corrected chi connectivity index (χ4v) is 1.81. The van der Waals surface area contributed by atoms with Crippen LogP contribution in [-0.4, -0.2) is 23.6 Å². The third-order valence-electron chi connectivity index (χ3n) is 2.64. The van der Waals surface area contributed by atoms with Gasteiger partial charge >= 0.3 is 0 Å². The topological polar surface area (TPSA) is 29.0 Å². The quantitative estimate of drug-likeness (QED) is 0.750. The van der Waals surface area contributed by atoms with Crippen molar-refractivity contribution in [3.8, 4) is 0 Å². The van der Waals surface area contributed by atoms with Crippen molar-refractivity contribution in [3.63, 3.8) is 0 Å². The zero-order chi connectivity index (χ0) is 11.7. The second-order valence-corrected chi connectivity index (χ2v) is 4.19. The Labute approximate surface area is 100 Å². The summed E-state index contributed by atoms with van der Waals surface area (Å²) in [6, 6.07) is 6.10. The molecule has 0 amide bonds. The zero-order valence-electron chi connectivity index (χ0n) is 9.66. The van der Waals surface area contributed by atoms with Crippen LogP contribution in [0.3, 0.4) is 0 Å². The van der Waals surface area contributed by atoms with E-state index in [0.717, 1.165) is 23.3 Å². The molecule has 84 valence electrons. The smallest absolute Gasteiger partial charge is 0.224 e. The largest absolute Gasteiger partial charge is 0.359 e. The van der Waals surface area contributed by atoms with E-state index in [0.29, 0.717) is 5.28 Å². The number of rotatable bonds is 2. The van der Waals surface area contributed by atoms with Crippen molar-refractivity contribution in [2.75, 3.05) is 18.5 Å². The molecule has 2 rings (SSSR count). The fraction of sp³-hybridized carbons (Fsp3) is 0.333. The Morgan fingerprint density at radius 2 is 2.06 bits per heavy atom. The molecule has 1 heterocycles. The molecule has 16 heavy (non-hydrogen) atoms. The predicted octanol–water partition coefficient (Wildman–Crippen LogP) is 3.05. The van der Waals surface area contributed by atoms with Crippen molar-refractivity contribution in [3.05, 3.63) is 29.0 Å². The lowest BCUT2D eigenvalue weighted by Crippen LogP contribution is -2.18. The number of anilines is 1. The summed E-state index contributed by atoms with van der Waals surface area (Å²) in [6.45, 7) is 5.03. The van der Waals surface area contributed by atoms with Crippen molar-refractivity contribution in [2.45, 2.75) is 13.8 Å². The fourth-order valence-electron chi connectivity index (χ4n) is 1.64. The molecule has 3 nitrogen and oxygen atoms in total. The van der Waals surface area contributed by atoms with E-state index < -0.39 is 0 Å². The van der Waals surface area contributed by atoms with E-state index in [9.17, 15) is 0 Å². The van der Waals surface area contributed by atoms with E-state index in [2.05, 4.69) is 34.8 Å². The van der Waals surface area contributed by atoms with Crippen LogP contribution in [0.5, 0.6) is 0 Å². The molecule has 0 bridgehead atoms. The van der Waals surface area contributed by atoms with Crippen LogP contribution in [0.25, 0.3) is 10.9 Å². The summed E-state index contributed by atoms with van der Waals surface area (Å²) in [4.78, 5) is 10.6. The maximum atomic E-state index is 5.92. The second kappa shape index (κ2) is 4.26. The van der Waals surface area contributed by atoms with Gasteiger partial charge in [-0.3, -0.25) is 0 Å². The highest BCUT2D eigenvalue weighted by Crippen LogP contribution is 2.25. The van der Waals surface area contributed by atoms with Crippen molar-refractivity contribution < 1.29 is 0 Å². The van der Waals surface area contributed by atoms with Gasteiger partial charge < -0.3 is 4.90 Å². The van der Waals surface area contributed by atoms with Gasteiger partial charge in [-0.25, -0.2) is 4.98 Å². The maximum absolute atomic E-state index is 5.92. The maximum Gasteiger partial charge on any atom is 0.224 e. The molecule has 4 heteroatoms. The van der Waals surface area contributed by atoms with Gasteiger partial charge in [-0.05, 0) is 37.6 Å². The first-order valence-electron chi connectivity index (χ1n) is 5.27. The van der Waals surface area contributed by atoms with E-state index in [1.54, 1.807) is 0 Å². The van der Waals surface area contributed by atoms with Crippen LogP contribution in [0, 0.1) is 6.92 Å². The lowest BCUT2D eigenvalue weighted by Gasteiger charge is -2.17. The van der Waals surface area contributed by atoms with Gasteiger partial charge in [0.2, 0.25) is 5.28 Å². The highest BCUT2D eigenvalue weighted by atomic mass is 35.5. The molecule has 0 radical (unpaired) electrons. The molecule has 1 aromatic heterocycles. The SMILES string of the molecule is CCN(C)c1nc(Cl)nc2ccc(C)cc12. The minimum Gasteiger partial charge on any atom is -0.359 e. The van der Waals surface area contributed by atoms with Crippen LogP contribution in [-0.2, 0) is 0 Å². The summed E-state index contributed by atoms with van der Waals surface area (Å²) in [6.07, 6.45) is 0. The normalized spacial score (nSPS) is 10.8. The Hall–Kier alpha value is -1.35. The number of fused-ring (bicyclic) bond motifs is 1. The van der Waals surface area contributed by atoms with Gasteiger partial charge in [-0.2, -0.15) is 4.98 Å². The molecule has 0 unspecified atom stereocenters. The summed E-state index contributed by atoms with van der Waals surface area (Å²) < 4.78 is 0. The minimum absolute atomic E-state index is 0.298. The summed E-state index contributed by atoms with van der Waals surface area (Å²) in [5, 5.41) is 1.35. The summed E-state index contributed by atoms with van der Waals surface area (Å²) in [7, 11) is 2.00. The summed E-state index contributed by atoms with van der Waals surface area (Å²) >= 11 is 5.92. The number of hydrogen-bond acceptors (Lipinski definition) is 3. The van der Waals surface area contributed by atoms with Crippen molar-refractivity contribution in [2.24, 2.45) is 0 Å². The van der Waals surface area contributed by atoms with E-state index in [1.807, 2.05) is 19.2 Å². The van der Waals surface area contributed by atoms with E-state index in [1.165, 1.54) is 5.56 Å². The van der Waals surface area contributed by atoms with Gasteiger partial charge in [-0.1, -0.05) is 11.6 Å². The molecule has 0 aliphatic rings. The van der Waals surface area contributed by atoms with Gasteiger partial charge in [0.1, 0.15) is 5.82 Å². The molecule has 0 N–H and O–H groups in total. The van der Waals surface area contributed by atoms with Crippen LogP contribution in [0.15, 0.2) is 18.2 Å². The van der Waals surface area contributed by atoms with Gasteiger partial charge in [-0.15, -0.1) is 0 Å². The highest BCUT2D eigenvalue weighted by Gasteiger charge is 2.09. The molecule has 2 aromatic rings.